The van der Waals surface area contributed by atoms with Crippen LogP contribution in [0, 0.1) is 0 Å². The average molecular weight is 279 g/mol. The molecule has 2 aromatic heterocycles. The Hall–Kier alpha value is -3.08. The van der Waals surface area contributed by atoms with Crippen molar-refractivity contribution in [2.75, 3.05) is 0 Å². The number of phenolic OH excluding ortho intramolecular Hbond substituents is 1. The molecule has 5 nitrogen and oxygen atoms in total. The highest BCUT2D eigenvalue weighted by Gasteiger charge is 2.13. The maximum absolute atomic E-state index is 11.7. The summed E-state index contributed by atoms with van der Waals surface area (Å²) >= 11 is 0. The van der Waals surface area contributed by atoms with Crippen LogP contribution in [0.1, 0.15) is 11.1 Å². The number of aromatic amines is 1. The van der Waals surface area contributed by atoms with E-state index in [1.807, 2.05) is 12.1 Å². The van der Waals surface area contributed by atoms with Gasteiger partial charge in [-0.05, 0) is 24.3 Å². The zero-order valence-electron chi connectivity index (χ0n) is 11.1. The van der Waals surface area contributed by atoms with Gasteiger partial charge in [0.1, 0.15) is 11.4 Å². The van der Waals surface area contributed by atoms with Gasteiger partial charge in [0.2, 0.25) is 5.91 Å². The Bertz CT molecular complexity index is 849. The quantitative estimate of drug-likeness (QED) is 0.642. The molecule has 0 aliphatic carbocycles. The number of H-pyrrole nitrogens is 1. The Morgan fingerprint density at radius 3 is 2.81 bits per heavy atom. The third-order valence-corrected chi connectivity index (χ3v) is 3.24. The topological polar surface area (TPSA) is 92.0 Å². The van der Waals surface area contributed by atoms with Crippen molar-refractivity contribution in [2.24, 2.45) is 5.73 Å². The van der Waals surface area contributed by atoms with Gasteiger partial charge in [-0.25, -0.2) is 4.98 Å². The lowest BCUT2D eigenvalue weighted by atomic mass is 10.0. The highest BCUT2D eigenvalue weighted by molar-refractivity contribution is 6.24. The Kier molecular flexibility index (Phi) is 3.16. The summed E-state index contributed by atoms with van der Waals surface area (Å²) in [6.07, 6.45) is 5.09. The zero-order valence-corrected chi connectivity index (χ0v) is 11.1. The van der Waals surface area contributed by atoms with Gasteiger partial charge in [-0.3, -0.25) is 4.79 Å². The molecule has 1 amide bonds. The van der Waals surface area contributed by atoms with E-state index >= 15 is 0 Å². The van der Waals surface area contributed by atoms with Crippen molar-refractivity contribution in [2.45, 2.75) is 0 Å². The second-order valence-corrected chi connectivity index (χ2v) is 4.58. The van der Waals surface area contributed by atoms with Crippen LogP contribution in [0.3, 0.4) is 0 Å². The summed E-state index contributed by atoms with van der Waals surface area (Å²) in [5.41, 5.74) is 7.62. The van der Waals surface area contributed by atoms with Crippen LogP contribution in [-0.4, -0.2) is 21.0 Å². The average Bonchev–Trinajstić information content (AvgIpc) is 2.89. The lowest BCUT2D eigenvalue weighted by Crippen LogP contribution is -2.12. The molecule has 3 rings (SSSR count). The molecular formula is C16H13N3O2. The molecule has 0 aliphatic rings. The summed E-state index contributed by atoms with van der Waals surface area (Å²) in [5, 5.41) is 10.8. The SMILES string of the molecule is NC(=O)C(=Cc1c[nH]c2ncccc12)c1ccccc1O. The van der Waals surface area contributed by atoms with E-state index in [0.29, 0.717) is 5.56 Å². The third kappa shape index (κ3) is 2.36. The Morgan fingerprint density at radius 2 is 2.05 bits per heavy atom. The van der Waals surface area contributed by atoms with Crippen molar-refractivity contribution in [3.05, 3.63) is 59.9 Å². The first-order valence-electron chi connectivity index (χ1n) is 6.39. The normalized spacial score (nSPS) is 11.7. The zero-order chi connectivity index (χ0) is 14.8. The van der Waals surface area contributed by atoms with Crippen LogP contribution < -0.4 is 5.73 Å². The van der Waals surface area contributed by atoms with Crippen molar-refractivity contribution in [3.63, 3.8) is 0 Å². The number of nitrogens with zero attached hydrogens (tertiary/aromatic N) is 1. The number of carbonyl (C=O) groups is 1. The second-order valence-electron chi connectivity index (χ2n) is 4.58. The van der Waals surface area contributed by atoms with Crippen molar-refractivity contribution in [1.29, 1.82) is 0 Å². The number of nitrogens with two attached hydrogens (primary N) is 1. The number of hydrogen-bond donors (Lipinski definition) is 3. The number of nitrogens with one attached hydrogen (secondary N) is 1. The van der Waals surface area contributed by atoms with Gasteiger partial charge in [-0.1, -0.05) is 18.2 Å². The molecule has 1 aromatic carbocycles. The molecule has 0 spiro atoms. The molecule has 0 bridgehead atoms. The van der Waals surface area contributed by atoms with Gasteiger partial charge < -0.3 is 15.8 Å². The van der Waals surface area contributed by atoms with Gasteiger partial charge >= 0.3 is 0 Å². The van der Waals surface area contributed by atoms with Crippen molar-refractivity contribution >= 4 is 28.6 Å². The third-order valence-electron chi connectivity index (χ3n) is 3.24. The second kappa shape index (κ2) is 5.13. The fraction of sp³-hybridized carbons (Fsp3) is 0. The van der Waals surface area contributed by atoms with Crippen molar-refractivity contribution in [3.8, 4) is 5.75 Å². The lowest BCUT2D eigenvalue weighted by Gasteiger charge is -2.06. The number of hydrogen-bond acceptors (Lipinski definition) is 3. The molecule has 0 unspecified atom stereocenters. The summed E-state index contributed by atoms with van der Waals surface area (Å²) < 4.78 is 0. The van der Waals surface area contributed by atoms with E-state index in [9.17, 15) is 9.90 Å². The van der Waals surface area contributed by atoms with Crippen molar-refractivity contribution in [1.82, 2.24) is 9.97 Å². The number of pyridine rings is 1. The number of primary amides is 1. The highest BCUT2D eigenvalue weighted by atomic mass is 16.3. The van der Waals surface area contributed by atoms with E-state index in [1.54, 1.807) is 36.7 Å². The number of phenols is 1. The minimum atomic E-state index is -0.602. The van der Waals surface area contributed by atoms with E-state index in [1.165, 1.54) is 6.07 Å². The minimum absolute atomic E-state index is 0.0144. The summed E-state index contributed by atoms with van der Waals surface area (Å²) in [7, 11) is 0. The number of fused-ring (bicyclic) bond motifs is 1. The summed E-state index contributed by atoms with van der Waals surface area (Å²) in [6, 6.07) is 10.3. The monoisotopic (exact) mass is 279 g/mol. The number of carbonyl (C=O) groups excluding carboxylic acids is 1. The molecule has 104 valence electrons. The molecule has 0 saturated carbocycles. The molecule has 2 heterocycles. The van der Waals surface area contributed by atoms with E-state index < -0.39 is 5.91 Å². The molecule has 0 aliphatic heterocycles. The van der Waals surface area contributed by atoms with Crippen LogP contribution >= 0.6 is 0 Å². The van der Waals surface area contributed by atoms with E-state index in [-0.39, 0.29) is 11.3 Å². The van der Waals surface area contributed by atoms with Gasteiger partial charge in [-0.15, -0.1) is 0 Å². The predicted octanol–water partition coefficient (Wildman–Crippen LogP) is 2.29. The molecule has 21 heavy (non-hydrogen) atoms. The van der Waals surface area contributed by atoms with E-state index in [4.69, 9.17) is 5.73 Å². The molecular weight excluding hydrogens is 266 g/mol. The number of benzene rings is 1. The summed E-state index contributed by atoms with van der Waals surface area (Å²) in [4.78, 5) is 19.0. The van der Waals surface area contributed by atoms with Crippen LogP contribution in [0.5, 0.6) is 5.75 Å². The van der Waals surface area contributed by atoms with E-state index in [0.717, 1.165) is 16.6 Å². The van der Waals surface area contributed by atoms with Crippen LogP contribution in [-0.2, 0) is 4.79 Å². The molecule has 0 saturated heterocycles. The first-order chi connectivity index (χ1) is 10.2. The molecule has 0 fully saturated rings. The van der Waals surface area contributed by atoms with Gasteiger partial charge in [0.05, 0.1) is 5.57 Å². The molecule has 0 radical (unpaired) electrons. The molecule has 0 atom stereocenters. The molecule has 5 heteroatoms. The number of para-hydroxylation sites is 1. The summed E-state index contributed by atoms with van der Waals surface area (Å²) in [6.45, 7) is 0. The number of aromatic hydroxyl groups is 1. The standard InChI is InChI=1S/C16H13N3O2/c17-15(21)13(12-4-1-2-6-14(12)20)8-10-9-19-16-11(10)5-3-7-18-16/h1-9,20H,(H2,17,21)(H,18,19). The molecule has 3 aromatic rings. The number of aromatic nitrogens is 2. The summed E-state index contributed by atoms with van der Waals surface area (Å²) in [5.74, 6) is -0.588. The first kappa shape index (κ1) is 12.9. The van der Waals surface area contributed by atoms with Crippen LogP contribution in [0.4, 0.5) is 0 Å². The first-order valence-corrected chi connectivity index (χ1v) is 6.39. The fourth-order valence-electron chi connectivity index (χ4n) is 2.24. The number of amides is 1. The van der Waals surface area contributed by atoms with Gasteiger partial charge in [0.15, 0.2) is 0 Å². The van der Waals surface area contributed by atoms with Crippen LogP contribution in [0.25, 0.3) is 22.7 Å². The van der Waals surface area contributed by atoms with Gasteiger partial charge in [-0.2, -0.15) is 0 Å². The lowest BCUT2D eigenvalue weighted by molar-refractivity contribution is -0.112. The molecule has 4 N–H and O–H groups in total. The van der Waals surface area contributed by atoms with Gasteiger partial charge in [0, 0.05) is 28.9 Å². The van der Waals surface area contributed by atoms with Crippen LogP contribution in [0.15, 0.2) is 48.8 Å². The smallest absolute Gasteiger partial charge is 0.249 e. The van der Waals surface area contributed by atoms with Gasteiger partial charge in [0.25, 0.3) is 0 Å². The Balaban J connectivity index is 2.18. The van der Waals surface area contributed by atoms with E-state index in [2.05, 4.69) is 9.97 Å². The predicted molar refractivity (Wildman–Crippen MR) is 81.3 cm³/mol. The Morgan fingerprint density at radius 1 is 1.24 bits per heavy atom. The highest BCUT2D eigenvalue weighted by Crippen LogP contribution is 2.28. The number of rotatable bonds is 3. The fourth-order valence-corrected chi connectivity index (χ4v) is 2.24. The largest absolute Gasteiger partial charge is 0.507 e. The maximum Gasteiger partial charge on any atom is 0.249 e. The van der Waals surface area contributed by atoms with Crippen LogP contribution in [0.2, 0.25) is 0 Å². The maximum atomic E-state index is 11.7. The Labute approximate surface area is 120 Å². The minimum Gasteiger partial charge on any atom is -0.507 e. The van der Waals surface area contributed by atoms with Crippen molar-refractivity contribution < 1.29 is 9.90 Å².